The van der Waals surface area contributed by atoms with Crippen LogP contribution in [0.1, 0.15) is 32.6 Å². The van der Waals surface area contributed by atoms with Crippen molar-refractivity contribution >= 4 is 11.9 Å². The summed E-state index contributed by atoms with van der Waals surface area (Å²) in [6.07, 6.45) is 5.43. The van der Waals surface area contributed by atoms with Gasteiger partial charge in [-0.1, -0.05) is 12.8 Å². The van der Waals surface area contributed by atoms with Gasteiger partial charge in [0.25, 0.3) is 0 Å². The summed E-state index contributed by atoms with van der Waals surface area (Å²) in [7, 11) is 2.24. The summed E-state index contributed by atoms with van der Waals surface area (Å²) in [5, 5.41) is 3.45. The van der Waals surface area contributed by atoms with Gasteiger partial charge in [0.15, 0.2) is 5.96 Å². The smallest absolute Gasteiger partial charge is 0.236 e. The zero-order valence-electron chi connectivity index (χ0n) is 18.4. The first-order valence-corrected chi connectivity index (χ1v) is 11.5. The second kappa shape index (κ2) is 11.7. The molecule has 0 aromatic rings. The van der Waals surface area contributed by atoms with Crippen LogP contribution in [0.4, 0.5) is 0 Å². The van der Waals surface area contributed by atoms with Crippen LogP contribution in [0.3, 0.4) is 0 Å². The number of hydrogen-bond donors (Lipinski definition) is 1. The Morgan fingerprint density at radius 1 is 1.07 bits per heavy atom. The minimum absolute atomic E-state index is 0.234. The summed E-state index contributed by atoms with van der Waals surface area (Å²) in [6.45, 7) is 11.8. The third-order valence-corrected chi connectivity index (χ3v) is 6.39. The number of nitrogens with one attached hydrogen (secondary N) is 1. The fourth-order valence-corrected chi connectivity index (χ4v) is 4.49. The lowest BCUT2D eigenvalue weighted by Crippen LogP contribution is -2.55. The van der Waals surface area contributed by atoms with Gasteiger partial charge >= 0.3 is 0 Å². The number of amides is 1. The van der Waals surface area contributed by atoms with E-state index in [4.69, 9.17) is 9.73 Å². The van der Waals surface area contributed by atoms with Crippen molar-refractivity contribution in [1.82, 2.24) is 24.9 Å². The molecule has 1 N–H and O–H groups in total. The molecule has 1 amide bonds. The van der Waals surface area contributed by atoms with Gasteiger partial charge in [-0.15, -0.1) is 0 Å². The highest BCUT2D eigenvalue weighted by Gasteiger charge is 2.24. The monoisotopic (exact) mass is 408 g/mol. The van der Waals surface area contributed by atoms with Crippen molar-refractivity contribution in [2.24, 2.45) is 4.99 Å². The molecule has 0 radical (unpaired) electrons. The molecule has 0 bridgehead atoms. The predicted molar refractivity (Wildman–Crippen MR) is 116 cm³/mol. The Bertz CT molecular complexity index is 523. The van der Waals surface area contributed by atoms with Crippen LogP contribution in [0.15, 0.2) is 4.99 Å². The molecule has 2 saturated heterocycles. The number of carbonyl (C=O) groups excluding carboxylic acids is 1. The first kappa shape index (κ1) is 22.3. The first-order chi connectivity index (χ1) is 14.2. The Hall–Kier alpha value is -1.38. The van der Waals surface area contributed by atoms with Crippen molar-refractivity contribution in [3.63, 3.8) is 0 Å². The maximum Gasteiger partial charge on any atom is 0.236 e. The van der Waals surface area contributed by atoms with Gasteiger partial charge in [-0.05, 0) is 26.8 Å². The van der Waals surface area contributed by atoms with Crippen molar-refractivity contribution in [2.45, 2.75) is 38.6 Å². The van der Waals surface area contributed by atoms with Gasteiger partial charge in [-0.25, -0.2) is 0 Å². The van der Waals surface area contributed by atoms with E-state index in [9.17, 15) is 4.79 Å². The van der Waals surface area contributed by atoms with Gasteiger partial charge in [0, 0.05) is 58.4 Å². The summed E-state index contributed by atoms with van der Waals surface area (Å²) in [5.74, 6) is 1.25. The molecule has 29 heavy (non-hydrogen) atoms. The molecule has 2 aliphatic heterocycles. The fraction of sp³-hybridized carbons (Fsp3) is 0.905. The second-order valence-electron chi connectivity index (χ2n) is 8.41. The highest BCUT2D eigenvalue weighted by atomic mass is 16.5. The van der Waals surface area contributed by atoms with E-state index in [-0.39, 0.29) is 5.91 Å². The lowest BCUT2D eigenvalue weighted by atomic mass is 10.2. The van der Waals surface area contributed by atoms with E-state index in [0.29, 0.717) is 19.8 Å². The van der Waals surface area contributed by atoms with Crippen LogP contribution in [-0.4, -0.2) is 123 Å². The van der Waals surface area contributed by atoms with Gasteiger partial charge in [-0.3, -0.25) is 14.7 Å². The number of morpholine rings is 1. The summed E-state index contributed by atoms with van der Waals surface area (Å²) in [6, 6.07) is 0.750. The Balaban J connectivity index is 1.41. The van der Waals surface area contributed by atoms with E-state index in [0.717, 1.165) is 70.9 Å². The highest BCUT2D eigenvalue weighted by Crippen LogP contribution is 2.21. The summed E-state index contributed by atoms with van der Waals surface area (Å²) >= 11 is 0. The molecule has 3 fully saturated rings. The van der Waals surface area contributed by atoms with Gasteiger partial charge in [0.05, 0.1) is 26.3 Å². The van der Waals surface area contributed by atoms with E-state index in [1.807, 2.05) is 4.90 Å². The third kappa shape index (κ3) is 6.83. The Morgan fingerprint density at radius 2 is 1.76 bits per heavy atom. The van der Waals surface area contributed by atoms with Gasteiger partial charge < -0.3 is 24.8 Å². The largest absolute Gasteiger partial charge is 0.378 e. The maximum absolute atomic E-state index is 12.5. The van der Waals surface area contributed by atoms with Gasteiger partial charge in [0.1, 0.15) is 0 Å². The van der Waals surface area contributed by atoms with Crippen molar-refractivity contribution in [1.29, 1.82) is 0 Å². The molecule has 1 saturated carbocycles. The number of guanidine groups is 1. The molecule has 0 atom stereocenters. The standard InChI is InChI=1S/C21H40N6O2/c1-3-22-21(23-8-9-24(2)19-6-4-5-7-19)27-12-10-25(11-13-27)18-20(28)26-14-16-29-17-15-26/h19H,3-18H2,1-2H3,(H,22,23). The predicted octanol–water partition coefficient (Wildman–Crippen LogP) is 0.303. The average molecular weight is 409 g/mol. The zero-order valence-corrected chi connectivity index (χ0v) is 18.4. The van der Waals surface area contributed by atoms with E-state index < -0.39 is 0 Å². The summed E-state index contributed by atoms with van der Waals surface area (Å²) < 4.78 is 5.34. The topological polar surface area (TPSA) is 63.7 Å². The SMILES string of the molecule is CCNC(=NCCN(C)C1CCCC1)N1CCN(CC(=O)N2CCOCC2)CC1. The normalized spacial score (nSPS) is 22.5. The Morgan fingerprint density at radius 3 is 2.41 bits per heavy atom. The molecule has 1 aliphatic carbocycles. The lowest BCUT2D eigenvalue weighted by molar-refractivity contribution is -0.136. The number of carbonyl (C=O) groups is 1. The van der Waals surface area contributed by atoms with Crippen LogP contribution in [0.2, 0.25) is 0 Å². The van der Waals surface area contributed by atoms with Crippen LogP contribution in [0.25, 0.3) is 0 Å². The molecular formula is C21H40N6O2. The Kier molecular flexibility index (Phi) is 9.01. The molecule has 8 nitrogen and oxygen atoms in total. The van der Waals surface area contributed by atoms with Crippen LogP contribution < -0.4 is 5.32 Å². The maximum atomic E-state index is 12.5. The zero-order chi connectivity index (χ0) is 20.5. The van der Waals surface area contributed by atoms with Crippen LogP contribution in [0.5, 0.6) is 0 Å². The molecular weight excluding hydrogens is 368 g/mol. The van der Waals surface area contributed by atoms with Crippen LogP contribution in [-0.2, 0) is 9.53 Å². The molecule has 0 unspecified atom stereocenters. The lowest BCUT2D eigenvalue weighted by Gasteiger charge is -2.37. The van der Waals surface area contributed by atoms with Gasteiger partial charge in [0.2, 0.25) is 5.91 Å². The number of hydrogen-bond acceptors (Lipinski definition) is 5. The molecule has 0 aromatic carbocycles. The molecule has 0 spiro atoms. The summed E-state index contributed by atoms with van der Waals surface area (Å²) in [4.78, 5) is 26.4. The van der Waals surface area contributed by atoms with Gasteiger partial charge in [-0.2, -0.15) is 0 Å². The second-order valence-corrected chi connectivity index (χ2v) is 8.41. The molecule has 2 heterocycles. The molecule has 3 aliphatic rings. The first-order valence-electron chi connectivity index (χ1n) is 11.5. The quantitative estimate of drug-likeness (QED) is 0.483. The van der Waals surface area contributed by atoms with Crippen molar-refractivity contribution < 1.29 is 9.53 Å². The van der Waals surface area contributed by atoms with Crippen molar-refractivity contribution in [2.75, 3.05) is 85.7 Å². The minimum atomic E-state index is 0.234. The van der Waals surface area contributed by atoms with E-state index in [1.54, 1.807) is 0 Å². The molecule has 166 valence electrons. The van der Waals surface area contributed by atoms with Crippen molar-refractivity contribution in [3.05, 3.63) is 0 Å². The average Bonchev–Trinajstić information content (AvgIpc) is 3.29. The van der Waals surface area contributed by atoms with E-state index >= 15 is 0 Å². The number of nitrogens with zero attached hydrogens (tertiary/aromatic N) is 5. The molecule has 0 aromatic heterocycles. The van der Waals surface area contributed by atoms with Crippen LogP contribution >= 0.6 is 0 Å². The fourth-order valence-electron chi connectivity index (χ4n) is 4.49. The summed E-state index contributed by atoms with van der Waals surface area (Å²) in [5.41, 5.74) is 0. The van der Waals surface area contributed by atoms with E-state index in [1.165, 1.54) is 25.7 Å². The minimum Gasteiger partial charge on any atom is -0.378 e. The van der Waals surface area contributed by atoms with Crippen molar-refractivity contribution in [3.8, 4) is 0 Å². The number of ether oxygens (including phenoxy) is 1. The molecule has 3 rings (SSSR count). The number of piperazine rings is 1. The molecule has 8 heteroatoms. The van der Waals surface area contributed by atoms with Crippen LogP contribution in [0, 0.1) is 0 Å². The number of likely N-dealkylation sites (N-methyl/N-ethyl adjacent to an activating group) is 1. The van der Waals surface area contributed by atoms with E-state index in [2.05, 4.69) is 34.0 Å². The third-order valence-electron chi connectivity index (χ3n) is 6.39. The number of aliphatic imine (C=N–C) groups is 1. The Labute approximate surface area is 176 Å². The number of rotatable bonds is 7. The highest BCUT2D eigenvalue weighted by molar-refractivity contribution is 5.80.